The fourth-order valence-electron chi connectivity index (χ4n) is 2.02. The molecule has 1 heterocycles. The van der Waals surface area contributed by atoms with Gasteiger partial charge in [0.15, 0.2) is 5.78 Å². The van der Waals surface area contributed by atoms with Crippen molar-refractivity contribution in [2.75, 3.05) is 13.2 Å². The van der Waals surface area contributed by atoms with Crippen LogP contribution in [-0.2, 0) is 4.74 Å². The highest BCUT2D eigenvalue weighted by molar-refractivity contribution is 5.95. The van der Waals surface area contributed by atoms with E-state index in [0.29, 0.717) is 6.10 Å². The van der Waals surface area contributed by atoms with Crippen molar-refractivity contribution in [2.45, 2.75) is 39.2 Å². The van der Waals surface area contributed by atoms with E-state index in [1.165, 1.54) is 0 Å². The van der Waals surface area contributed by atoms with Gasteiger partial charge in [-0.3, -0.25) is 4.79 Å². The van der Waals surface area contributed by atoms with E-state index in [9.17, 15) is 4.79 Å². The van der Waals surface area contributed by atoms with Gasteiger partial charge in [0, 0.05) is 5.56 Å². The summed E-state index contributed by atoms with van der Waals surface area (Å²) in [6, 6.07) is 5.64. The Bertz CT molecular complexity index is 422. The maximum Gasteiger partial charge on any atom is 0.160 e. The first kappa shape index (κ1) is 13.1. The first-order valence-electron chi connectivity index (χ1n) is 6.53. The lowest BCUT2D eigenvalue weighted by atomic mass is 10.1. The van der Waals surface area contributed by atoms with E-state index in [-0.39, 0.29) is 5.78 Å². The van der Waals surface area contributed by atoms with E-state index in [1.807, 2.05) is 25.1 Å². The summed E-state index contributed by atoms with van der Waals surface area (Å²) < 4.78 is 10.8. The molecule has 0 radical (unpaired) electrons. The molecule has 0 N–H and O–H groups in total. The topological polar surface area (TPSA) is 38.8 Å². The molecule has 1 unspecified atom stereocenters. The molecule has 1 saturated heterocycles. The Morgan fingerprint density at radius 2 is 2.22 bits per heavy atom. The number of carbonyl (C=O) groups excluding carboxylic acids is 1. The molecule has 1 aliphatic rings. The smallest absolute Gasteiger partial charge is 0.160 e. The van der Waals surface area contributed by atoms with Gasteiger partial charge in [-0.2, -0.15) is 0 Å². The van der Waals surface area contributed by atoms with Crippen molar-refractivity contribution in [1.29, 1.82) is 0 Å². The molecule has 98 valence electrons. The maximum absolute atomic E-state index is 11.3. The largest absolute Gasteiger partial charge is 0.494 e. The zero-order valence-electron chi connectivity index (χ0n) is 11.1. The second-order valence-corrected chi connectivity index (χ2v) is 4.83. The van der Waals surface area contributed by atoms with Crippen molar-refractivity contribution in [3.05, 3.63) is 29.3 Å². The Labute approximate surface area is 108 Å². The van der Waals surface area contributed by atoms with Crippen LogP contribution in [0.3, 0.4) is 0 Å². The summed E-state index contributed by atoms with van der Waals surface area (Å²) in [6.07, 6.45) is 3.86. The predicted octanol–water partition coefficient (Wildman–Crippen LogP) is 3.15. The van der Waals surface area contributed by atoms with E-state index < -0.39 is 0 Å². The van der Waals surface area contributed by atoms with Crippen molar-refractivity contribution in [3.63, 3.8) is 0 Å². The summed E-state index contributed by atoms with van der Waals surface area (Å²) in [5.74, 6) is 0.948. The van der Waals surface area contributed by atoms with E-state index in [4.69, 9.17) is 9.47 Å². The molecule has 1 atom stereocenters. The number of ether oxygens (including phenoxy) is 2. The van der Waals surface area contributed by atoms with Crippen LogP contribution >= 0.6 is 0 Å². The van der Waals surface area contributed by atoms with E-state index in [1.54, 1.807) is 6.92 Å². The number of aryl methyl sites for hydroxylation is 1. The molecular formula is C15H20O3. The van der Waals surface area contributed by atoms with E-state index in [0.717, 1.165) is 49.4 Å². The fraction of sp³-hybridized carbons (Fsp3) is 0.533. The van der Waals surface area contributed by atoms with Crippen LogP contribution < -0.4 is 4.74 Å². The predicted molar refractivity (Wildman–Crippen MR) is 70.3 cm³/mol. The Morgan fingerprint density at radius 1 is 1.44 bits per heavy atom. The van der Waals surface area contributed by atoms with Crippen molar-refractivity contribution >= 4 is 5.78 Å². The molecule has 0 amide bonds. The molecule has 3 nitrogen and oxygen atoms in total. The highest BCUT2D eigenvalue weighted by Gasteiger charge is 2.20. The lowest BCUT2D eigenvalue weighted by Crippen LogP contribution is -2.01. The number of rotatable bonds is 7. The first-order valence-corrected chi connectivity index (χ1v) is 6.53. The van der Waals surface area contributed by atoms with Crippen LogP contribution in [-0.4, -0.2) is 25.1 Å². The molecule has 1 aromatic rings. The third-order valence-electron chi connectivity index (χ3n) is 3.17. The van der Waals surface area contributed by atoms with Gasteiger partial charge < -0.3 is 9.47 Å². The first-order chi connectivity index (χ1) is 8.66. The van der Waals surface area contributed by atoms with Crippen LogP contribution in [0.2, 0.25) is 0 Å². The van der Waals surface area contributed by atoms with Crippen LogP contribution in [0.5, 0.6) is 5.75 Å². The normalized spacial score (nSPS) is 17.6. The zero-order valence-corrected chi connectivity index (χ0v) is 11.1. The average molecular weight is 248 g/mol. The fourth-order valence-corrected chi connectivity index (χ4v) is 2.02. The Kier molecular flexibility index (Phi) is 4.37. The molecule has 2 rings (SSSR count). The monoisotopic (exact) mass is 248 g/mol. The minimum Gasteiger partial charge on any atom is -0.494 e. The Hall–Kier alpha value is -1.35. The van der Waals surface area contributed by atoms with Crippen LogP contribution in [0.15, 0.2) is 18.2 Å². The summed E-state index contributed by atoms with van der Waals surface area (Å²) in [5.41, 5.74) is 1.75. The summed E-state index contributed by atoms with van der Waals surface area (Å²) >= 11 is 0. The van der Waals surface area contributed by atoms with Gasteiger partial charge in [0.05, 0.1) is 19.3 Å². The third-order valence-corrected chi connectivity index (χ3v) is 3.17. The maximum atomic E-state index is 11.3. The van der Waals surface area contributed by atoms with Crippen molar-refractivity contribution in [1.82, 2.24) is 0 Å². The number of hydrogen-bond donors (Lipinski definition) is 0. The lowest BCUT2D eigenvalue weighted by molar-refractivity contribution is 0.101. The average Bonchev–Trinajstić information content (AvgIpc) is 3.12. The summed E-state index contributed by atoms with van der Waals surface area (Å²) in [7, 11) is 0. The second kappa shape index (κ2) is 6.01. The number of ketones is 1. The number of hydrogen-bond acceptors (Lipinski definition) is 3. The van der Waals surface area contributed by atoms with E-state index >= 15 is 0 Å². The summed E-state index contributed by atoms with van der Waals surface area (Å²) in [5, 5.41) is 0. The molecule has 0 bridgehead atoms. The zero-order chi connectivity index (χ0) is 13.0. The standard InChI is InChI=1S/C15H20O3/c1-11-9-13(6-7-15(11)12(2)16)17-8-4-3-5-14-10-18-14/h6-7,9,14H,3-5,8,10H2,1-2H3. The van der Waals surface area contributed by atoms with Crippen LogP contribution in [0.25, 0.3) is 0 Å². The van der Waals surface area contributed by atoms with Gasteiger partial charge in [-0.1, -0.05) is 0 Å². The van der Waals surface area contributed by atoms with Crippen LogP contribution in [0.4, 0.5) is 0 Å². The quantitative estimate of drug-likeness (QED) is 0.423. The summed E-state index contributed by atoms with van der Waals surface area (Å²) in [6.45, 7) is 5.19. The molecule has 1 fully saturated rings. The Balaban J connectivity index is 1.74. The minimum atomic E-state index is 0.100. The molecular weight excluding hydrogens is 228 g/mol. The number of unbranched alkanes of at least 4 members (excludes halogenated alkanes) is 1. The van der Waals surface area contributed by atoms with Gasteiger partial charge in [0.2, 0.25) is 0 Å². The number of benzene rings is 1. The highest BCUT2D eigenvalue weighted by Crippen LogP contribution is 2.19. The van der Waals surface area contributed by atoms with Crippen molar-refractivity contribution in [3.8, 4) is 5.75 Å². The minimum absolute atomic E-state index is 0.100. The molecule has 1 aromatic carbocycles. The summed E-state index contributed by atoms with van der Waals surface area (Å²) in [4.78, 5) is 11.3. The van der Waals surface area contributed by atoms with Crippen molar-refractivity contribution < 1.29 is 14.3 Å². The Morgan fingerprint density at radius 3 is 2.83 bits per heavy atom. The molecule has 0 aromatic heterocycles. The molecule has 18 heavy (non-hydrogen) atoms. The number of Topliss-reactive ketones (excluding diaryl/α,β-unsaturated/α-hetero) is 1. The number of epoxide rings is 1. The lowest BCUT2D eigenvalue weighted by Gasteiger charge is -2.08. The van der Waals surface area contributed by atoms with Gasteiger partial charge >= 0.3 is 0 Å². The third kappa shape index (κ3) is 3.84. The molecule has 1 aliphatic heterocycles. The van der Waals surface area contributed by atoms with Crippen LogP contribution in [0.1, 0.15) is 42.1 Å². The van der Waals surface area contributed by atoms with Crippen molar-refractivity contribution in [2.24, 2.45) is 0 Å². The van der Waals surface area contributed by atoms with Gasteiger partial charge in [-0.25, -0.2) is 0 Å². The number of carbonyl (C=O) groups is 1. The SMILES string of the molecule is CC(=O)c1ccc(OCCCCC2CO2)cc1C. The molecule has 0 spiro atoms. The van der Waals surface area contributed by atoms with Gasteiger partial charge in [-0.05, 0) is 56.9 Å². The van der Waals surface area contributed by atoms with Gasteiger partial charge in [-0.15, -0.1) is 0 Å². The van der Waals surface area contributed by atoms with Gasteiger partial charge in [0.1, 0.15) is 5.75 Å². The second-order valence-electron chi connectivity index (χ2n) is 4.83. The molecule has 3 heteroatoms. The highest BCUT2D eigenvalue weighted by atomic mass is 16.6. The van der Waals surface area contributed by atoms with Gasteiger partial charge in [0.25, 0.3) is 0 Å². The molecule has 0 aliphatic carbocycles. The van der Waals surface area contributed by atoms with E-state index in [2.05, 4.69) is 0 Å². The molecule has 0 saturated carbocycles. The van der Waals surface area contributed by atoms with Crippen LogP contribution in [0, 0.1) is 6.92 Å².